The molecule has 1 N–H and O–H groups in total. The molecule has 2 rings (SSSR count). The molecule has 76 valence electrons. The molecule has 0 aliphatic carbocycles. The zero-order valence-corrected chi connectivity index (χ0v) is 8.21. The molecular formula is C11H10N2O2. The number of aromatic hydroxyl groups is 1. The first-order valence-corrected chi connectivity index (χ1v) is 4.51. The van der Waals surface area contributed by atoms with Gasteiger partial charge < -0.3 is 9.63 Å². The predicted molar refractivity (Wildman–Crippen MR) is 56.1 cm³/mol. The number of aromatic nitrogens is 2. The van der Waals surface area contributed by atoms with Gasteiger partial charge in [0.05, 0.1) is 0 Å². The van der Waals surface area contributed by atoms with Crippen LogP contribution in [-0.4, -0.2) is 15.2 Å². The minimum atomic E-state index is 0.235. The first-order valence-electron chi connectivity index (χ1n) is 4.51. The molecule has 0 aliphatic rings. The molecule has 2 aromatic rings. The van der Waals surface area contributed by atoms with Crippen LogP contribution in [0.1, 0.15) is 17.3 Å². The predicted octanol–water partition coefficient (Wildman–Crippen LogP) is 2.25. The maximum Gasteiger partial charge on any atom is 0.250 e. The van der Waals surface area contributed by atoms with Crippen LogP contribution in [-0.2, 0) is 0 Å². The normalized spacial score (nSPS) is 11.0. The second kappa shape index (κ2) is 3.96. The topological polar surface area (TPSA) is 59.2 Å². The molecule has 1 aromatic carbocycles. The summed E-state index contributed by atoms with van der Waals surface area (Å²) in [6, 6.07) is 6.92. The third kappa shape index (κ3) is 2.43. The number of rotatable bonds is 2. The lowest BCUT2D eigenvalue weighted by atomic mass is 10.2. The summed E-state index contributed by atoms with van der Waals surface area (Å²) in [5.74, 6) is 1.29. The van der Waals surface area contributed by atoms with Gasteiger partial charge in [0.2, 0.25) is 0 Å². The standard InChI is InChI=1S/C11H10N2O2/c1-8-12-11(15-13-8)6-5-9-3-2-4-10(14)7-9/h2-7,14H,1H3/b6-5+. The Hall–Kier alpha value is -2.10. The Morgan fingerprint density at radius 1 is 1.33 bits per heavy atom. The van der Waals surface area contributed by atoms with Crippen LogP contribution in [0.5, 0.6) is 5.75 Å². The van der Waals surface area contributed by atoms with E-state index in [-0.39, 0.29) is 5.75 Å². The van der Waals surface area contributed by atoms with Crippen molar-refractivity contribution < 1.29 is 9.63 Å². The Morgan fingerprint density at radius 3 is 2.87 bits per heavy atom. The monoisotopic (exact) mass is 202 g/mol. The van der Waals surface area contributed by atoms with Crippen LogP contribution in [0.4, 0.5) is 0 Å². The highest BCUT2D eigenvalue weighted by Gasteiger charge is 1.96. The summed E-state index contributed by atoms with van der Waals surface area (Å²) in [6.45, 7) is 1.76. The Bertz CT molecular complexity index is 489. The summed E-state index contributed by atoms with van der Waals surface area (Å²) < 4.78 is 4.91. The molecule has 1 heterocycles. The van der Waals surface area contributed by atoms with Crippen LogP contribution in [0, 0.1) is 6.92 Å². The second-order valence-electron chi connectivity index (χ2n) is 3.11. The quantitative estimate of drug-likeness (QED) is 0.811. The van der Waals surface area contributed by atoms with E-state index in [0.717, 1.165) is 5.56 Å². The van der Waals surface area contributed by atoms with Crippen LogP contribution in [0.25, 0.3) is 12.2 Å². The molecule has 0 bridgehead atoms. The highest BCUT2D eigenvalue weighted by Crippen LogP contribution is 2.13. The fourth-order valence-electron chi connectivity index (χ4n) is 1.18. The van der Waals surface area contributed by atoms with Crippen molar-refractivity contribution in [2.75, 3.05) is 0 Å². The molecule has 0 unspecified atom stereocenters. The zero-order chi connectivity index (χ0) is 10.7. The van der Waals surface area contributed by atoms with Crippen molar-refractivity contribution >= 4 is 12.2 Å². The first kappa shape index (κ1) is 9.45. The number of nitrogens with zero attached hydrogens (tertiary/aromatic N) is 2. The molecule has 0 saturated carbocycles. The maximum absolute atomic E-state index is 9.23. The van der Waals surface area contributed by atoms with Gasteiger partial charge in [-0.1, -0.05) is 17.3 Å². The van der Waals surface area contributed by atoms with Crippen molar-refractivity contribution in [3.63, 3.8) is 0 Å². The summed E-state index contributed by atoms with van der Waals surface area (Å²) in [5.41, 5.74) is 0.880. The van der Waals surface area contributed by atoms with Gasteiger partial charge in [-0.25, -0.2) is 0 Å². The molecule has 0 amide bonds. The average molecular weight is 202 g/mol. The van der Waals surface area contributed by atoms with E-state index in [4.69, 9.17) is 4.52 Å². The fraction of sp³-hybridized carbons (Fsp3) is 0.0909. The highest BCUT2D eigenvalue weighted by molar-refractivity contribution is 5.66. The van der Waals surface area contributed by atoms with Gasteiger partial charge in [0.15, 0.2) is 5.82 Å². The van der Waals surface area contributed by atoms with Crippen LogP contribution >= 0.6 is 0 Å². The maximum atomic E-state index is 9.23. The molecular weight excluding hydrogens is 192 g/mol. The molecule has 0 aliphatic heterocycles. The summed E-state index contributed by atoms with van der Waals surface area (Å²) in [5, 5.41) is 12.9. The summed E-state index contributed by atoms with van der Waals surface area (Å²) in [4.78, 5) is 4.02. The molecule has 0 atom stereocenters. The third-order valence-electron chi connectivity index (χ3n) is 1.83. The van der Waals surface area contributed by atoms with E-state index in [9.17, 15) is 5.11 Å². The molecule has 1 aromatic heterocycles. The minimum Gasteiger partial charge on any atom is -0.508 e. The van der Waals surface area contributed by atoms with E-state index < -0.39 is 0 Å². The number of phenolic OH excluding ortho intramolecular Hbond substituents is 1. The average Bonchev–Trinajstić information content (AvgIpc) is 2.62. The van der Waals surface area contributed by atoms with Crippen LogP contribution in [0.2, 0.25) is 0 Å². The largest absolute Gasteiger partial charge is 0.508 e. The van der Waals surface area contributed by atoms with Crippen molar-refractivity contribution in [2.45, 2.75) is 6.92 Å². The van der Waals surface area contributed by atoms with E-state index in [1.54, 1.807) is 37.3 Å². The second-order valence-corrected chi connectivity index (χ2v) is 3.11. The number of benzene rings is 1. The minimum absolute atomic E-state index is 0.235. The Kier molecular flexibility index (Phi) is 2.49. The van der Waals surface area contributed by atoms with Crippen molar-refractivity contribution in [2.24, 2.45) is 0 Å². The number of aryl methyl sites for hydroxylation is 1. The SMILES string of the molecule is Cc1noc(/C=C/c2cccc(O)c2)n1. The van der Waals surface area contributed by atoms with Crippen LogP contribution in [0.3, 0.4) is 0 Å². The van der Waals surface area contributed by atoms with Gasteiger partial charge in [-0.05, 0) is 30.7 Å². The molecule has 4 nitrogen and oxygen atoms in total. The smallest absolute Gasteiger partial charge is 0.250 e. The lowest BCUT2D eigenvalue weighted by Gasteiger charge is -1.92. The van der Waals surface area contributed by atoms with Gasteiger partial charge in [0, 0.05) is 6.08 Å². The zero-order valence-electron chi connectivity index (χ0n) is 8.21. The summed E-state index contributed by atoms with van der Waals surface area (Å²) in [7, 11) is 0. The molecule has 0 saturated heterocycles. The third-order valence-corrected chi connectivity index (χ3v) is 1.83. The van der Waals surface area contributed by atoms with E-state index in [1.165, 1.54) is 0 Å². The van der Waals surface area contributed by atoms with E-state index in [2.05, 4.69) is 10.1 Å². The summed E-state index contributed by atoms with van der Waals surface area (Å²) in [6.07, 6.45) is 3.50. The van der Waals surface area contributed by atoms with Crippen molar-refractivity contribution in [3.8, 4) is 5.75 Å². The van der Waals surface area contributed by atoms with Gasteiger partial charge in [0.25, 0.3) is 5.89 Å². The van der Waals surface area contributed by atoms with Crippen molar-refractivity contribution in [1.29, 1.82) is 0 Å². The Labute approximate surface area is 86.9 Å². The Balaban J connectivity index is 2.18. The molecule has 15 heavy (non-hydrogen) atoms. The van der Waals surface area contributed by atoms with Gasteiger partial charge >= 0.3 is 0 Å². The summed E-state index contributed by atoms with van der Waals surface area (Å²) >= 11 is 0. The number of hydrogen-bond acceptors (Lipinski definition) is 4. The highest BCUT2D eigenvalue weighted by atomic mass is 16.5. The molecule has 4 heteroatoms. The molecule has 0 radical (unpaired) electrons. The first-order chi connectivity index (χ1) is 7.24. The lowest BCUT2D eigenvalue weighted by molar-refractivity contribution is 0.405. The van der Waals surface area contributed by atoms with Gasteiger partial charge in [0.1, 0.15) is 5.75 Å². The van der Waals surface area contributed by atoms with Crippen LogP contribution < -0.4 is 0 Å². The fourth-order valence-corrected chi connectivity index (χ4v) is 1.18. The van der Waals surface area contributed by atoms with Crippen LogP contribution in [0.15, 0.2) is 28.8 Å². The molecule has 0 spiro atoms. The number of phenols is 1. The Morgan fingerprint density at radius 2 is 2.20 bits per heavy atom. The van der Waals surface area contributed by atoms with Gasteiger partial charge in [-0.2, -0.15) is 4.98 Å². The molecule has 0 fully saturated rings. The van der Waals surface area contributed by atoms with Gasteiger partial charge in [-0.3, -0.25) is 0 Å². The van der Waals surface area contributed by atoms with Crippen molar-refractivity contribution in [1.82, 2.24) is 10.1 Å². The lowest BCUT2D eigenvalue weighted by Crippen LogP contribution is -1.74. The van der Waals surface area contributed by atoms with E-state index in [0.29, 0.717) is 11.7 Å². The van der Waals surface area contributed by atoms with Crippen molar-refractivity contribution in [3.05, 3.63) is 41.5 Å². The van der Waals surface area contributed by atoms with Gasteiger partial charge in [-0.15, -0.1) is 0 Å². The van der Waals surface area contributed by atoms with E-state index >= 15 is 0 Å². The van der Waals surface area contributed by atoms with E-state index in [1.807, 2.05) is 6.07 Å². The number of hydrogen-bond donors (Lipinski definition) is 1.